The molecule has 0 unspecified atom stereocenters. The van der Waals surface area contributed by atoms with Gasteiger partial charge < -0.3 is 19.5 Å². The van der Waals surface area contributed by atoms with Crippen molar-refractivity contribution in [2.45, 2.75) is 19.8 Å². The van der Waals surface area contributed by atoms with Gasteiger partial charge in [-0.25, -0.2) is 0 Å². The Kier molecular flexibility index (Phi) is 6.53. The molecular formula is C19H22ClNO4. The highest BCUT2D eigenvalue weighted by Crippen LogP contribution is 2.38. The zero-order valence-corrected chi connectivity index (χ0v) is 15.6. The molecule has 25 heavy (non-hydrogen) atoms. The normalized spacial score (nSPS) is 10.3. The van der Waals surface area contributed by atoms with Crippen LogP contribution in [0.3, 0.4) is 0 Å². The number of aryl methyl sites for hydroxylation is 2. The number of halogens is 1. The van der Waals surface area contributed by atoms with E-state index in [4.69, 9.17) is 25.8 Å². The number of carbonyl (C=O) groups excluding carboxylic acids is 1. The molecule has 2 aromatic rings. The molecule has 0 heterocycles. The van der Waals surface area contributed by atoms with E-state index in [1.165, 1.54) is 0 Å². The number of nitrogens with one attached hydrogen (secondary N) is 1. The summed E-state index contributed by atoms with van der Waals surface area (Å²) in [6.07, 6.45) is 0.842. The number of carbonyl (C=O) groups is 1. The van der Waals surface area contributed by atoms with Crippen LogP contribution in [0.15, 0.2) is 30.3 Å². The Morgan fingerprint density at radius 1 is 1.04 bits per heavy atom. The summed E-state index contributed by atoms with van der Waals surface area (Å²) in [4.78, 5) is 12.2. The van der Waals surface area contributed by atoms with Crippen LogP contribution in [-0.4, -0.2) is 27.2 Å². The van der Waals surface area contributed by atoms with Gasteiger partial charge in [-0.05, 0) is 48.7 Å². The van der Waals surface area contributed by atoms with E-state index in [2.05, 4.69) is 5.32 Å². The third-order valence-corrected chi connectivity index (χ3v) is 4.08. The second-order valence-corrected chi connectivity index (χ2v) is 5.97. The minimum atomic E-state index is -0.112. The van der Waals surface area contributed by atoms with Gasteiger partial charge in [-0.2, -0.15) is 0 Å². The van der Waals surface area contributed by atoms with Crippen molar-refractivity contribution < 1.29 is 19.0 Å². The van der Waals surface area contributed by atoms with Crippen LogP contribution in [0.2, 0.25) is 5.02 Å². The van der Waals surface area contributed by atoms with Crippen LogP contribution in [0.25, 0.3) is 0 Å². The van der Waals surface area contributed by atoms with Crippen LogP contribution in [0.4, 0.5) is 5.69 Å². The lowest BCUT2D eigenvalue weighted by Gasteiger charge is -2.14. The van der Waals surface area contributed by atoms with Crippen molar-refractivity contribution in [3.63, 3.8) is 0 Å². The Hall–Kier alpha value is -2.40. The average molecular weight is 364 g/mol. The van der Waals surface area contributed by atoms with Crippen LogP contribution in [0.5, 0.6) is 17.2 Å². The van der Waals surface area contributed by atoms with E-state index >= 15 is 0 Å². The second-order valence-electron chi connectivity index (χ2n) is 5.57. The van der Waals surface area contributed by atoms with Crippen LogP contribution in [-0.2, 0) is 11.2 Å². The van der Waals surface area contributed by atoms with Gasteiger partial charge in [-0.1, -0.05) is 17.7 Å². The van der Waals surface area contributed by atoms with Crippen molar-refractivity contribution in [2.24, 2.45) is 0 Å². The number of ether oxygens (including phenoxy) is 3. The zero-order chi connectivity index (χ0) is 18.4. The minimum Gasteiger partial charge on any atom is -0.493 e. The van der Waals surface area contributed by atoms with Crippen molar-refractivity contribution >= 4 is 23.2 Å². The Bertz CT molecular complexity index is 736. The summed E-state index contributed by atoms with van der Waals surface area (Å²) in [5.74, 6) is 1.56. The van der Waals surface area contributed by atoms with Crippen molar-refractivity contribution in [3.8, 4) is 17.2 Å². The molecule has 0 saturated carbocycles. The first-order valence-electron chi connectivity index (χ1n) is 7.83. The van der Waals surface area contributed by atoms with Crippen LogP contribution < -0.4 is 19.5 Å². The summed E-state index contributed by atoms with van der Waals surface area (Å²) in [6, 6.07) is 9.20. The first-order chi connectivity index (χ1) is 12.0. The lowest BCUT2D eigenvalue weighted by molar-refractivity contribution is -0.116. The van der Waals surface area contributed by atoms with E-state index < -0.39 is 0 Å². The number of amides is 1. The van der Waals surface area contributed by atoms with E-state index in [1.54, 1.807) is 27.4 Å². The van der Waals surface area contributed by atoms with Gasteiger partial charge >= 0.3 is 0 Å². The number of anilines is 1. The fourth-order valence-electron chi connectivity index (χ4n) is 2.47. The first kappa shape index (κ1) is 18.9. The first-order valence-corrected chi connectivity index (χ1v) is 8.21. The molecule has 2 aromatic carbocycles. The summed E-state index contributed by atoms with van der Waals surface area (Å²) in [5, 5.41) is 3.36. The highest BCUT2D eigenvalue weighted by molar-refractivity contribution is 6.33. The monoisotopic (exact) mass is 363 g/mol. The topological polar surface area (TPSA) is 56.8 Å². The number of hydrogen-bond donors (Lipinski definition) is 1. The van der Waals surface area contributed by atoms with Gasteiger partial charge in [0.25, 0.3) is 0 Å². The molecule has 0 aliphatic rings. The number of methoxy groups -OCH3 is 3. The van der Waals surface area contributed by atoms with Gasteiger partial charge in [0.1, 0.15) is 0 Å². The SMILES string of the molecule is COc1cc(CCC(=O)Nc2ccc(C)cc2Cl)cc(OC)c1OC. The summed E-state index contributed by atoms with van der Waals surface area (Å²) in [6.45, 7) is 1.95. The smallest absolute Gasteiger partial charge is 0.224 e. The van der Waals surface area contributed by atoms with E-state index in [-0.39, 0.29) is 5.91 Å². The van der Waals surface area contributed by atoms with Crippen molar-refractivity contribution in [1.29, 1.82) is 0 Å². The van der Waals surface area contributed by atoms with Crippen LogP contribution in [0.1, 0.15) is 17.5 Å². The molecule has 0 bridgehead atoms. The van der Waals surface area contributed by atoms with Gasteiger partial charge in [-0.3, -0.25) is 4.79 Å². The Balaban J connectivity index is 2.06. The third-order valence-electron chi connectivity index (χ3n) is 3.76. The minimum absolute atomic E-state index is 0.112. The summed E-state index contributed by atoms with van der Waals surface area (Å²) in [5.41, 5.74) is 2.57. The molecule has 0 atom stereocenters. The number of rotatable bonds is 7. The molecule has 0 fully saturated rings. The van der Waals surface area contributed by atoms with Crippen molar-refractivity contribution in [1.82, 2.24) is 0 Å². The van der Waals surface area contributed by atoms with Crippen LogP contribution >= 0.6 is 11.6 Å². The van der Waals surface area contributed by atoms with Gasteiger partial charge in [-0.15, -0.1) is 0 Å². The average Bonchev–Trinajstić information content (AvgIpc) is 2.61. The Labute approximate surface area is 152 Å². The standard InChI is InChI=1S/C19H22ClNO4/c1-12-5-7-15(14(20)9-12)21-18(22)8-6-13-10-16(23-2)19(25-4)17(11-13)24-3/h5,7,9-11H,6,8H2,1-4H3,(H,21,22). The fraction of sp³-hybridized carbons (Fsp3) is 0.316. The lowest BCUT2D eigenvalue weighted by atomic mass is 10.1. The summed E-state index contributed by atoms with van der Waals surface area (Å²) >= 11 is 6.14. The molecule has 5 nitrogen and oxygen atoms in total. The van der Waals surface area contributed by atoms with Gasteiger partial charge in [0, 0.05) is 6.42 Å². The molecule has 0 aliphatic carbocycles. The lowest BCUT2D eigenvalue weighted by Crippen LogP contribution is -2.12. The van der Waals surface area contributed by atoms with Gasteiger partial charge in [0.05, 0.1) is 32.0 Å². The molecule has 0 radical (unpaired) electrons. The molecule has 0 spiro atoms. The Morgan fingerprint density at radius 3 is 2.20 bits per heavy atom. The fourth-order valence-corrected chi connectivity index (χ4v) is 2.75. The zero-order valence-electron chi connectivity index (χ0n) is 14.8. The Morgan fingerprint density at radius 2 is 1.68 bits per heavy atom. The predicted molar refractivity (Wildman–Crippen MR) is 99.2 cm³/mol. The highest BCUT2D eigenvalue weighted by atomic mass is 35.5. The summed E-state index contributed by atoms with van der Waals surface area (Å²) < 4.78 is 15.9. The molecular weight excluding hydrogens is 342 g/mol. The number of hydrogen-bond acceptors (Lipinski definition) is 4. The van der Waals surface area contributed by atoms with E-state index in [1.807, 2.05) is 31.2 Å². The van der Waals surface area contributed by atoms with Crippen LogP contribution in [0, 0.1) is 6.92 Å². The van der Waals surface area contributed by atoms with Gasteiger partial charge in [0.2, 0.25) is 11.7 Å². The summed E-state index contributed by atoms with van der Waals surface area (Å²) in [7, 11) is 4.68. The van der Waals surface area contributed by atoms with E-state index in [9.17, 15) is 4.79 Å². The predicted octanol–water partition coefficient (Wildman–Crippen LogP) is 4.25. The largest absolute Gasteiger partial charge is 0.493 e. The van der Waals surface area contributed by atoms with Crippen molar-refractivity contribution in [2.75, 3.05) is 26.6 Å². The number of benzene rings is 2. The second kappa shape index (κ2) is 8.62. The van der Waals surface area contributed by atoms with E-state index in [0.717, 1.165) is 11.1 Å². The molecule has 6 heteroatoms. The van der Waals surface area contributed by atoms with Crippen molar-refractivity contribution in [3.05, 3.63) is 46.5 Å². The maximum atomic E-state index is 12.2. The molecule has 0 saturated heterocycles. The molecule has 0 aromatic heterocycles. The third kappa shape index (κ3) is 4.79. The molecule has 0 aliphatic heterocycles. The maximum absolute atomic E-state index is 12.2. The molecule has 1 N–H and O–H groups in total. The highest BCUT2D eigenvalue weighted by Gasteiger charge is 2.14. The molecule has 134 valence electrons. The molecule has 2 rings (SSSR count). The van der Waals surface area contributed by atoms with Gasteiger partial charge in [0.15, 0.2) is 11.5 Å². The molecule has 1 amide bonds. The maximum Gasteiger partial charge on any atom is 0.224 e. The van der Waals surface area contributed by atoms with E-state index in [0.29, 0.717) is 40.8 Å². The quantitative estimate of drug-likeness (QED) is 0.799.